The first-order valence-corrected chi connectivity index (χ1v) is 9.25. The van der Waals surface area contributed by atoms with Gasteiger partial charge in [0.1, 0.15) is 0 Å². The van der Waals surface area contributed by atoms with E-state index in [1.807, 2.05) is 0 Å². The van der Waals surface area contributed by atoms with Crippen molar-refractivity contribution in [2.24, 2.45) is 25.7 Å². The van der Waals surface area contributed by atoms with E-state index in [2.05, 4.69) is 4.72 Å². The number of halogens is 1. The molecule has 1 fully saturated rings. The average Bonchev–Trinajstić information content (AvgIpc) is 2.54. The molecule has 1 saturated carbocycles. The van der Waals surface area contributed by atoms with Crippen LogP contribution in [0.1, 0.15) is 32.1 Å². The van der Waals surface area contributed by atoms with Gasteiger partial charge in [0.2, 0.25) is 10.0 Å². The molecule has 10 heteroatoms. The summed E-state index contributed by atoms with van der Waals surface area (Å²) in [7, 11) is -1.38. The molecule has 0 aliphatic heterocycles. The molecular formula is C14H25ClN4O4S. The number of rotatable bonds is 5. The summed E-state index contributed by atoms with van der Waals surface area (Å²) in [5.41, 5.74) is 4.34. The summed E-state index contributed by atoms with van der Waals surface area (Å²) in [6.45, 7) is 0.177. The minimum atomic E-state index is -4.04. The van der Waals surface area contributed by atoms with Crippen LogP contribution in [0.3, 0.4) is 0 Å². The van der Waals surface area contributed by atoms with Crippen LogP contribution in [0.15, 0.2) is 20.7 Å². The summed E-state index contributed by atoms with van der Waals surface area (Å²) in [5, 5.41) is 0. The van der Waals surface area contributed by atoms with Crippen LogP contribution in [0.5, 0.6) is 0 Å². The van der Waals surface area contributed by atoms with E-state index in [1.54, 1.807) is 0 Å². The fourth-order valence-corrected chi connectivity index (χ4v) is 4.57. The number of aromatic nitrogens is 2. The van der Waals surface area contributed by atoms with E-state index >= 15 is 0 Å². The zero-order chi connectivity index (χ0) is 17.2. The minimum Gasteiger partial charge on any atom is -0.329 e. The maximum absolute atomic E-state index is 12.6. The molecule has 1 heterocycles. The smallest absolute Gasteiger partial charge is 0.329 e. The Morgan fingerprint density at radius 3 is 2.38 bits per heavy atom. The fourth-order valence-electron chi connectivity index (χ4n) is 3.10. The highest BCUT2D eigenvalue weighted by Gasteiger charge is 2.29. The van der Waals surface area contributed by atoms with Crippen LogP contribution in [0.25, 0.3) is 0 Å². The highest BCUT2D eigenvalue weighted by Crippen LogP contribution is 2.26. The molecule has 24 heavy (non-hydrogen) atoms. The molecule has 0 bridgehead atoms. The van der Waals surface area contributed by atoms with Gasteiger partial charge >= 0.3 is 5.69 Å². The monoisotopic (exact) mass is 380 g/mol. The van der Waals surface area contributed by atoms with Crippen LogP contribution in [0, 0.1) is 5.92 Å². The summed E-state index contributed by atoms with van der Waals surface area (Å²) in [6.07, 6.45) is 6.18. The van der Waals surface area contributed by atoms with Gasteiger partial charge in [-0.15, -0.1) is 12.4 Å². The quantitative estimate of drug-likeness (QED) is 0.726. The van der Waals surface area contributed by atoms with Gasteiger partial charge in [-0.2, -0.15) is 0 Å². The van der Waals surface area contributed by atoms with Crippen molar-refractivity contribution in [2.45, 2.75) is 43.0 Å². The maximum atomic E-state index is 12.6. The van der Waals surface area contributed by atoms with Crippen LogP contribution in [-0.4, -0.2) is 30.1 Å². The zero-order valence-electron chi connectivity index (χ0n) is 13.9. The normalized spacial score (nSPS) is 17.3. The Hall–Kier alpha value is -1.16. The number of sulfonamides is 1. The summed E-state index contributed by atoms with van der Waals surface area (Å²) in [4.78, 5) is 23.4. The van der Waals surface area contributed by atoms with Crippen LogP contribution < -0.4 is 21.7 Å². The lowest BCUT2D eigenvalue weighted by atomic mass is 9.84. The van der Waals surface area contributed by atoms with Crippen molar-refractivity contribution in [1.82, 2.24) is 13.9 Å². The number of hydrogen-bond donors (Lipinski definition) is 2. The lowest BCUT2D eigenvalue weighted by Crippen LogP contribution is -2.48. The third kappa shape index (κ3) is 4.27. The molecule has 1 atom stereocenters. The Morgan fingerprint density at radius 2 is 1.83 bits per heavy atom. The van der Waals surface area contributed by atoms with E-state index in [4.69, 9.17) is 5.73 Å². The van der Waals surface area contributed by atoms with Gasteiger partial charge in [0.05, 0.1) is 0 Å². The van der Waals surface area contributed by atoms with Gasteiger partial charge in [-0.25, -0.2) is 17.9 Å². The molecule has 0 spiro atoms. The first-order chi connectivity index (χ1) is 10.8. The Balaban J connectivity index is 0.00000288. The van der Waals surface area contributed by atoms with Gasteiger partial charge in [0.25, 0.3) is 5.56 Å². The van der Waals surface area contributed by atoms with E-state index in [9.17, 15) is 18.0 Å². The van der Waals surface area contributed by atoms with Gasteiger partial charge in [0, 0.05) is 32.9 Å². The molecule has 0 amide bonds. The third-order valence-corrected chi connectivity index (χ3v) is 5.96. The molecule has 1 aromatic heterocycles. The Bertz CT molecular complexity index is 781. The molecule has 1 aromatic rings. The predicted molar refractivity (Wildman–Crippen MR) is 93.9 cm³/mol. The number of nitrogens with two attached hydrogens (primary N) is 1. The Morgan fingerprint density at radius 1 is 1.25 bits per heavy atom. The maximum Gasteiger partial charge on any atom is 0.330 e. The molecule has 2 rings (SSSR count). The topological polar surface area (TPSA) is 116 Å². The summed E-state index contributed by atoms with van der Waals surface area (Å²) >= 11 is 0. The minimum absolute atomic E-state index is 0. The van der Waals surface area contributed by atoms with E-state index in [0.29, 0.717) is 0 Å². The fraction of sp³-hybridized carbons (Fsp3) is 0.714. The van der Waals surface area contributed by atoms with Crippen molar-refractivity contribution in [3.63, 3.8) is 0 Å². The van der Waals surface area contributed by atoms with Crippen LogP contribution in [-0.2, 0) is 24.1 Å². The standard InChI is InChI=1S/C14H24N4O4S.ClH/c1-17-9-12(13(19)18(2)14(17)20)23(21,22)16-11(8-15)10-6-4-3-5-7-10;/h9-11,16H,3-8,15H2,1-2H3;1H. The summed E-state index contributed by atoms with van der Waals surface area (Å²) in [6, 6.07) is -0.401. The van der Waals surface area contributed by atoms with Crippen molar-refractivity contribution < 1.29 is 8.42 Å². The molecular weight excluding hydrogens is 356 g/mol. The third-order valence-electron chi connectivity index (χ3n) is 4.48. The molecule has 0 saturated heterocycles. The lowest BCUT2D eigenvalue weighted by molar-refractivity contribution is 0.294. The second-order valence-electron chi connectivity index (χ2n) is 6.11. The van der Waals surface area contributed by atoms with Crippen molar-refractivity contribution in [3.05, 3.63) is 27.0 Å². The number of nitrogens with zero attached hydrogens (tertiary/aromatic N) is 2. The highest BCUT2D eigenvalue weighted by atomic mass is 35.5. The van der Waals surface area contributed by atoms with E-state index in [1.165, 1.54) is 14.1 Å². The number of hydrogen-bond acceptors (Lipinski definition) is 5. The van der Waals surface area contributed by atoms with E-state index in [-0.39, 0.29) is 24.9 Å². The average molecular weight is 381 g/mol. The molecule has 1 aliphatic carbocycles. The zero-order valence-corrected chi connectivity index (χ0v) is 15.5. The number of nitrogens with one attached hydrogen (secondary N) is 1. The van der Waals surface area contributed by atoms with Crippen LogP contribution >= 0.6 is 12.4 Å². The highest BCUT2D eigenvalue weighted by molar-refractivity contribution is 7.89. The summed E-state index contributed by atoms with van der Waals surface area (Å²) < 4.78 is 29.6. The first-order valence-electron chi connectivity index (χ1n) is 7.77. The Kier molecular flexibility index (Phi) is 7.21. The van der Waals surface area contributed by atoms with Crippen LogP contribution in [0.2, 0.25) is 0 Å². The van der Waals surface area contributed by atoms with E-state index in [0.717, 1.165) is 47.4 Å². The first kappa shape index (κ1) is 20.9. The van der Waals surface area contributed by atoms with Gasteiger partial charge in [-0.1, -0.05) is 19.3 Å². The Labute approximate surface area is 147 Å². The van der Waals surface area contributed by atoms with Crippen molar-refractivity contribution in [1.29, 1.82) is 0 Å². The second kappa shape index (κ2) is 8.28. The van der Waals surface area contributed by atoms with Gasteiger partial charge in [-0.3, -0.25) is 9.36 Å². The number of aryl methyl sites for hydroxylation is 1. The molecule has 0 radical (unpaired) electrons. The molecule has 1 unspecified atom stereocenters. The molecule has 1 aliphatic rings. The van der Waals surface area contributed by atoms with Gasteiger partial charge < -0.3 is 10.3 Å². The lowest BCUT2D eigenvalue weighted by Gasteiger charge is -2.29. The molecule has 8 nitrogen and oxygen atoms in total. The predicted octanol–water partition coefficient (Wildman–Crippen LogP) is -0.308. The van der Waals surface area contributed by atoms with Crippen molar-refractivity contribution in [3.8, 4) is 0 Å². The van der Waals surface area contributed by atoms with Crippen molar-refractivity contribution >= 4 is 22.4 Å². The molecule has 3 N–H and O–H groups in total. The van der Waals surface area contributed by atoms with Crippen LogP contribution in [0.4, 0.5) is 0 Å². The second-order valence-corrected chi connectivity index (χ2v) is 7.79. The van der Waals surface area contributed by atoms with Gasteiger partial charge in [-0.05, 0) is 18.8 Å². The SMILES string of the molecule is Cl.Cn1cc(S(=O)(=O)NC(CN)C2CCCCC2)c(=O)n(C)c1=O. The van der Waals surface area contributed by atoms with Gasteiger partial charge in [0.15, 0.2) is 4.90 Å². The largest absolute Gasteiger partial charge is 0.330 e. The molecule has 0 aromatic carbocycles. The molecule has 138 valence electrons. The van der Waals surface area contributed by atoms with Crippen molar-refractivity contribution in [2.75, 3.05) is 6.54 Å². The van der Waals surface area contributed by atoms with E-state index < -0.39 is 32.2 Å². The summed E-state index contributed by atoms with van der Waals surface area (Å²) in [5.74, 6) is 0.180.